The molecule has 2 N–H and O–H groups in total. The maximum Gasteiger partial charge on any atom is 0.413 e. The molecular weight excluding hydrogens is 254 g/mol. The molecule has 0 radical (unpaired) electrons. The van der Waals surface area contributed by atoms with Crippen molar-refractivity contribution in [3.05, 3.63) is 10.6 Å². The van der Waals surface area contributed by atoms with Crippen LogP contribution in [0.5, 0.6) is 0 Å². The van der Waals surface area contributed by atoms with Crippen LogP contribution in [0.25, 0.3) is 0 Å². The second-order valence-corrected chi connectivity index (χ2v) is 5.74. The third-order valence-electron chi connectivity index (χ3n) is 1.88. The van der Waals surface area contributed by atoms with E-state index < -0.39 is 11.7 Å². The molecule has 0 saturated heterocycles. The van der Waals surface area contributed by atoms with Crippen molar-refractivity contribution in [1.82, 2.24) is 4.98 Å². The smallest absolute Gasteiger partial charge is 0.413 e. The molecule has 1 heterocycles. The minimum atomic E-state index is -0.554. The van der Waals surface area contributed by atoms with Crippen LogP contribution >= 0.6 is 11.3 Å². The van der Waals surface area contributed by atoms with Gasteiger partial charge in [-0.05, 0) is 34.6 Å². The maximum absolute atomic E-state index is 11.5. The van der Waals surface area contributed by atoms with E-state index in [1.165, 1.54) is 11.3 Å². The van der Waals surface area contributed by atoms with Gasteiger partial charge in [-0.25, -0.2) is 9.78 Å². The average molecular weight is 271 g/mol. The number of oxime groups is 1. The molecule has 1 rings (SSSR count). The molecule has 18 heavy (non-hydrogen) atoms. The summed E-state index contributed by atoms with van der Waals surface area (Å²) in [5.74, 6) is 0. The third-order valence-corrected chi connectivity index (χ3v) is 3.06. The van der Waals surface area contributed by atoms with E-state index in [4.69, 9.17) is 9.94 Å². The van der Waals surface area contributed by atoms with Gasteiger partial charge in [0.2, 0.25) is 0 Å². The number of rotatable bonds is 2. The van der Waals surface area contributed by atoms with Crippen molar-refractivity contribution in [2.24, 2.45) is 5.16 Å². The summed E-state index contributed by atoms with van der Waals surface area (Å²) in [6, 6.07) is 0. The van der Waals surface area contributed by atoms with E-state index in [2.05, 4.69) is 15.5 Å². The standard InChI is InChI=1S/C11H17N3O3S/c1-6-8(7(2)14-16)18-9(12-6)13-10(15)17-11(3,4)5/h16H,1-5H3,(H,12,13,15)/b14-7+. The summed E-state index contributed by atoms with van der Waals surface area (Å²) in [4.78, 5) is 16.4. The largest absolute Gasteiger partial charge is 0.444 e. The van der Waals surface area contributed by atoms with Crippen molar-refractivity contribution >= 4 is 28.3 Å². The van der Waals surface area contributed by atoms with E-state index in [9.17, 15) is 4.79 Å². The summed E-state index contributed by atoms with van der Waals surface area (Å²) in [5, 5.41) is 14.8. The van der Waals surface area contributed by atoms with Gasteiger partial charge in [0.25, 0.3) is 0 Å². The number of ether oxygens (including phenoxy) is 1. The molecule has 1 aromatic rings. The molecule has 0 aliphatic rings. The van der Waals surface area contributed by atoms with Gasteiger partial charge in [-0.2, -0.15) is 0 Å². The molecule has 1 aromatic heterocycles. The first-order valence-corrected chi connectivity index (χ1v) is 6.21. The molecule has 100 valence electrons. The Morgan fingerprint density at radius 2 is 2.11 bits per heavy atom. The fourth-order valence-corrected chi connectivity index (χ4v) is 2.11. The highest BCUT2D eigenvalue weighted by atomic mass is 32.1. The number of nitrogens with one attached hydrogen (secondary N) is 1. The molecule has 0 saturated carbocycles. The summed E-state index contributed by atoms with van der Waals surface area (Å²) in [5.41, 5.74) is 0.602. The maximum atomic E-state index is 11.5. The minimum absolute atomic E-state index is 0.416. The first-order valence-electron chi connectivity index (χ1n) is 5.39. The zero-order valence-corrected chi connectivity index (χ0v) is 11.9. The van der Waals surface area contributed by atoms with Crippen LogP contribution in [0.2, 0.25) is 0 Å². The highest BCUT2D eigenvalue weighted by Crippen LogP contribution is 2.23. The summed E-state index contributed by atoms with van der Waals surface area (Å²) in [6.45, 7) is 8.80. The Morgan fingerprint density at radius 3 is 2.61 bits per heavy atom. The van der Waals surface area contributed by atoms with Crippen LogP contribution in [0.15, 0.2) is 5.16 Å². The van der Waals surface area contributed by atoms with Crippen LogP contribution in [0.4, 0.5) is 9.93 Å². The summed E-state index contributed by atoms with van der Waals surface area (Å²) in [6.07, 6.45) is -0.554. The van der Waals surface area contributed by atoms with Gasteiger partial charge in [-0.3, -0.25) is 5.32 Å². The monoisotopic (exact) mass is 271 g/mol. The molecule has 0 aliphatic carbocycles. The predicted octanol–water partition coefficient (Wildman–Crippen LogP) is 3.00. The minimum Gasteiger partial charge on any atom is -0.444 e. The molecule has 0 bridgehead atoms. The van der Waals surface area contributed by atoms with Crippen LogP contribution in [0.1, 0.15) is 38.3 Å². The zero-order valence-electron chi connectivity index (χ0n) is 11.1. The molecule has 0 unspecified atom stereocenters. The number of anilines is 1. The Morgan fingerprint density at radius 1 is 1.50 bits per heavy atom. The number of carbonyl (C=O) groups is 1. The lowest BCUT2D eigenvalue weighted by atomic mass is 10.2. The first kappa shape index (κ1) is 14.4. The van der Waals surface area contributed by atoms with Gasteiger partial charge < -0.3 is 9.94 Å². The first-order chi connectivity index (χ1) is 8.23. The van der Waals surface area contributed by atoms with Gasteiger partial charge in [0, 0.05) is 0 Å². The second kappa shape index (κ2) is 5.34. The predicted molar refractivity (Wildman–Crippen MR) is 70.7 cm³/mol. The fourth-order valence-electron chi connectivity index (χ4n) is 1.22. The van der Waals surface area contributed by atoms with Gasteiger partial charge in [-0.15, -0.1) is 0 Å². The Balaban J connectivity index is 2.78. The van der Waals surface area contributed by atoms with Crippen molar-refractivity contribution < 1.29 is 14.7 Å². The molecular formula is C11H17N3O3S. The fraction of sp³-hybridized carbons (Fsp3) is 0.545. The van der Waals surface area contributed by atoms with Gasteiger partial charge in [-0.1, -0.05) is 16.5 Å². The van der Waals surface area contributed by atoms with Crippen molar-refractivity contribution in [2.45, 2.75) is 40.2 Å². The third kappa shape index (κ3) is 3.99. The number of hydrogen-bond donors (Lipinski definition) is 2. The molecule has 6 nitrogen and oxygen atoms in total. The Kier molecular flexibility index (Phi) is 4.28. The van der Waals surface area contributed by atoms with Gasteiger partial charge >= 0.3 is 6.09 Å². The van der Waals surface area contributed by atoms with Crippen LogP contribution in [0, 0.1) is 6.92 Å². The highest BCUT2D eigenvalue weighted by molar-refractivity contribution is 7.17. The van der Waals surface area contributed by atoms with E-state index in [1.807, 2.05) is 0 Å². The van der Waals surface area contributed by atoms with Crippen LogP contribution < -0.4 is 5.32 Å². The number of nitrogens with zero attached hydrogens (tertiary/aromatic N) is 2. The molecule has 0 aliphatic heterocycles. The van der Waals surface area contributed by atoms with Crippen LogP contribution in [-0.4, -0.2) is 27.6 Å². The summed E-state index contributed by atoms with van der Waals surface area (Å²) < 4.78 is 5.11. The van der Waals surface area contributed by atoms with Gasteiger partial charge in [0.05, 0.1) is 16.3 Å². The molecule has 7 heteroatoms. The lowest BCUT2D eigenvalue weighted by Crippen LogP contribution is -2.27. The Hall–Kier alpha value is -1.63. The van der Waals surface area contributed by atoms with Crippen LogP contribution in [-0.2, 0) is 4.74 Å². The molecule has 1 amide bonds. The van der Waals surface area contributed by atoms with Crippen molar-refractivity contribution in [2.75, 3.05) is 5.32 Å². The Bertz CT molecular complexity index is 474. The quantitative estimate of drug-likeness (QED) is 0.492. The summed E-state index contributed by atoms with van der Waals surface area (Å²) in [7, 11) is 0. The van der Waals surface area contributed by atoms with Crippen molar-refractivity contribution in [3.8, 4) is 0 Å². The van der Waals surface area contributed by atoms with E-state index >= 15 is 0 Å². The van der Waals surface area contributed by atoms with Gasteiger partial charge in [0.15, 0.2) is 5.13 Å². The molecule has 0 aromatic carbocycles. The molecule has 0 fully saturated rings. The normalized spacial score (nSPS) is 12.4. The zero-order chi connectivity index (χ0) is 13.9. The number of aromatic nitrogens is 1. The lowest BCUT2D eigenvalue weighted by molar-refractivity contribution is 0.0636. The number of carbonyl (C=O) groups excluding carboxylic acids is 1. The van der Waals surface area contributed by atoms with E-state index in [0.29, 0.717) is 16.5 Å². The highest BCUT2D eigenvalue weighted by Gasteiger charge is 2.18. The number of aryl methyl sites for hydroxylation is 1. The molecule has 0 atom stereocenters. The van der Waals surface area contributed by atoms with Crippen LogP contribution in [0.3, 0.4) is 0 Å². The topological polar surface area (TPSA) is 83.8 Å². The van der Waals surface area contributed by atoms with Crippen molar-refractivity contribution in [1.29, 1.82) is 0 Å². The van der Waals surface area contributed by atoms with Gasteiger partial charge in [0.1, 0.15) is 5.60 Å². The number of hydrogen-bond acceptors (Lipinski definition) is 6. The van der Waals surface area contributed by atoms with E-state index in [0.717, 1.165) is 4.88 Å². The molecule has 0 spiro atoms. The number of amides is 1. The van der Waals surface area contributed by atoms with E-state index in [1.54, 1.807) is 34.6 Å². The summed E-state index contributed by atoms with van der Waals surface area (Å²) >= 11 is 1.23. The lowest BCUT2D eigenvalue weighted by Gasteiger charge is -2.18. The SMILES string of the molecule is C/C(=N\O)c1sc(NC(=O)OC(C)(C)C)nc1C. The number of thiazole rings is 1. The van der Waals surface area contributed by atoms with Crippen molar-refractivity contribution in [3.63, 3.8) is 0 Å². The average Bonchev–Trinajstić information content (AvgIpc) is 2.55. The second-order valence-electron chi connectivity index (χ2n) is 4.75. The van der Waals surface area contributed by atoms with E-state index in [-0.39, 0.29) is 0 Å². The Labute approximate surface area is 110 Å².